The summed E-state index contributed by atoms with van der Waals surface area (Å²) in [6.45, 7) is 0. The molecule has 3 heterocycles. The molecule has 0 saturated heterocycles. The third-order valence-electron chi connectivity index (χ3n) is 17.2. The molecule has 0 N–H and O–H groups in total. The van der Waals surface area contributed by atoms with Gasteiger partial charge in [-0.05, 0) is 152 Å². The van der Waals surface area contributed by atoms with Gasteiger partial charge in [-0.1, -0.05) is 188 Å². The molecule has 0 amide bonds. The number of para-hydroxylation sites is 4. The van der Waals surface area contributed by atoms with Gasteiger partial charge in [0.25, 0.3) is 0 Å². The van der Waals surface area contributed by atoms with Crippen LogP contribution in [0.2, 0.25) is 0 Å². The van der Waals surface area contributed by atoms with Crippen LogP contribution in [-0.4, -0.2) is 0 Å². The van der Waals surface area contributed by atoms with Gasteiger partial charge < -0.3 is 14.4 Å². The molecule has 0 bridgehead atoms. The highest BCUT2D eigenvalue weighted by Crippen LogP contribution is 2.64. The first kappa shape index (κ1) is 43.5. The van der Waals surface area contributed by atoms with E-state index in [1.807, 2.05) is 11.3 Å². The van der Waals surface area contributed by atoms with Crippen LogP contribution in [0.3, 0.4) is 0 Å². The molecule has 0 fully saturated rings. The van der Waals surface area contributed by atoms with Crippen molar-refractivity contribution >= 4 is 48.6 Å². The maximum absolute atomic E-state index is 6.73. The van der Waals surface area contributed by atoms with E-state index in [4.69, 9.17) is 9.47 Å². The van der Waals surface area contributed by atoms with Gasteiger partial charge in [0, 0.05) is 59.5 Å². The summed E-state index contributed by atoms with van der Waals surface area (Å²) in [4.78, 5) is 2.43. The lowest BCUT2D eigenvalue weighted by atomic mass is 9.66. The molecule has 17 rings (SSSR count). The Kier molecular flexibility index (Phi) is 9.14. The minimum Gasteiger partial charge on any atom is -0.457 e. The SMILES string of the molecule is c1ccc2c(c1)Oc1ccccc1C21c2ccccc2-c2cc(-c3ccc(N(c4ccc(-c5ccc6sc7ccccc7c6c5)cc4)c4ccc5c(c4)C4(c6ccccc6Oc6ccccc64)c4ccccc4-5)cc3)ccc21. The monoisotopic (exact) mass is 1010 g/mol. The Bertz CT molecular complexity index is 4550. The van der Waals surface area contributed by atoms with Crippen molar-refractivity contribution in [2.75, 3.05) is 4.90 Å². The first-order valence-electron chi connectivity index (χ1n) is 26.8. The third kappa shape index (κ3) is 5.92. The molecule has 2 aliphatic carbocycles. The normalized spacial score (nSPS) is 14.1. The van der Waals surface area contributed by atoms with Crippen molar-refractivity contribution in [2.24, 2.45) is 0 Å². The maximum Gasteiger partial charge on any atom is 0.132 e. The van der Waals surface area contributed by atoms with Crippen molar-refractivity contribution in [2.45, 2.75) is 10.8 Å². The van der Waals surface area contributed by atoms with Crippen molar-refractivity contribution in [1.29, 1.82) is 0 Å². The van der Waals surface area contributed by atoms with Crippen molar-refractivity contribution < 1.29 is 9.47 Å². The summed E-state index contributed by atoms with van der Waals surface area (Å²) in [6.07, 6.45) is 0. The van der Waals surface area contributed by atoms with Crippen molar-refractivity contribution in [1.82, 2.24) is 0 Å². The van der Waals surface area contributed by atoms with E-state index in [0.29, 0.717) is 0 Å². The number of nitrogens with zero attached hydrogens (tertiary/aromatic N) is 1. The van der Waals surface area contributed by atoms with Crippen LogP contribution >= 0.6 is 11.3 Å². The Hall–Kier alpha value is -9.74. The van der Waals surface area contributed by atoms with Crippen LogP contribution in [0.4, 0.5) is 17.1 Å². The topological polar surface area (TPSA) is 21.7 Å². The van der Waals surface area contributed by atoms with E-state index in [-0.39, 0.29) is 0 Å². The van der Waals surface area contributed by atoms with Crippen LogP contribution in [-0.2, 0) is 10.8 Å². The van der Waals surface area contributed by atoms with Gasteiger partial charge in [-0.3, -0.25) is 0 Å². The second-order valence-corrected chi connectivity index (χ2v) is 22.1. The molecule has 364 valence electrons. The number of benzene rings is 12. The van der Waals surface area contributed by atoms with E-state index in [1.54, 1.807) is 0 Å². The molecule has 0 radical (unpaired) electrons. The number of ether oxygens (including phenoxy) is 2. The molecule has 3 nitrogen and oxygen atoms in total. The second-order valence-electron chi connectivity index (χ2n) is 21.0. The largest absolute Gasteiger partial charge is 0.457 e. The van der Waals surface area contributed by atoms with Crippen molar-refractivity contribution in [3.63, 3.8) is 0 Å². The van der Waals surface area contributed by atoms with Crippen LogP contribution < -0.4 is 14.4 Å². The highest BCUT2D eigenvalue weighted by Gasteiger charge is 2.52. The molecule has 0 atom stereocenters. The van der Waals surface area contributed by atoms with Crippen molar-refractivity contribution in [3.05, 3.63) is 317 Å². The molecule has 0 unspecified atom stereocenters. The number of thiophene rings is 1. The lowest BCUT2D eigenvalue weighted by molar-refractivity contribution is 0.436. The van der Waals surface area contributed by atoms with E-state index in [9.17, 15) is 0 Å². The fraction of sp³-hybridized carbons (Fsp3) is 0.0270. The molecule has 0 saturated carbocycles. The fourth-order valence-corrected chi connectivity index (χ4v) is 15.1. The zero-order valence-electron chi connectivity index (χ0n) is 42.2. The molecular formula is C74H45NO2S. The Morgan fingerprint density at radius 1 is 0.256 bits per heavy atom. The summed E-state index contributed by atoms with van der Waals surface area (Å²) >= 11 is 1.86. The lowest BCUT2D eigenvalue weighted by Gasteiger charge is -2.39. The molecule has 2 aliphatic heterocycles. The van der Waals surface area contributed by atoms with Gasteiger partial charge in [0.15, 0.2) is 0 Å². The zero-order chi connectivity index (χ0) is 51.1. The molecule has 1 aromatic heterocycles. The zero-order valence-corrected chi connectivity index (χ0v) is 43.0. The minimum atomic E-state index is -0.600. The summed E-state index contributed by atoms with van der Waals surface area (Å²) in [7, 11) is 0. The fourth-order valence-electron chi connectivity index (χ4n) is 14.0. The Balaban J connectivity index is 0.821. The first-order valence-corrected chi connectivity index (χ1v) is 27.6. The van der Waals surface area contributed by atoms with Gasteiger partial charge in [-0.25, -0.2) is 0 Å². The predicted molar refractivity (Wildman–Crippen MR) is 320 cm³/mol. The Labute approximate surface area is 456 Å². The van der Waals surface area contributed by atoms with Gasteiger partial charge in [0.2, 0.25) is 0 Å². The Morgan fingerprint density at radius 2 is 0.654 bits per heavy atom. The van der Waals surface area contributed by atoms with Gasteiger partial charge in [-0.15, -0.1) is 11.3 Å². The average molecular weight is 1010 g/mol. The van der Waals surface area contributed by atoms with E-state index in [2.05, 4.69) is 278 Å². The summed E-state index contributed by atoms with van der Waals surface area (Å²) in [5, 5.41) is 2.61. The molecule has 78 heavy (non-hydrogen) atoms. The summed E-state index contributed by atoms with van der Waals surface area (Å²) in [6, 6.07) is 100. The smallest absolute Gasteiger partial charge is 0.132 e. The molecule has 4 heteroatoms. The van der Waals surface area contributed by atoms with E-state index >= 15 is 0 Å². The predicted octanol–water partition coefficient (Wildman–Crippen LogP) is 19.8. The molecular weight excluding hydrogens is 967 g/mol. The van der Waals surface area contributed by atoms with Crippen LogP contribution in [0.25, 0.3) is 64.7 Å². The quantitative estimate of drug-likeness (QED) is 0.171. The van der Waals surface area contributed by atoms with Crippen LogP contribution in [0.15, 0.2) is 273 Å². The van der Waals surface area contributed by atoms with E-state index < -0.39 is 10.8 Å². The van der Waals surface area contributed by atoms with Crippen LogP contribution in [0.1, 0.15) is 44.5 Å². The summed E-state index contributed by atoms with van der Waals surface area (Å²) in [5.41, 5.74) is 21.5. The Morgan fingerprint density at radius 3 is 1.23 bits per heavy atom. The summed E-state index contributed by atoms with van der Waals surface area (Å²) < 4.78 is 16.0. The van der Waals surface area contributed by atoms with Gasteiger partial charge in [0.1, 0.15) is 23.0 Å². The number of fused-ring (bicyclic) bond motifs is 21. The van der Waals surface area contributed by atoms with E-state index in [1.165, 1.54) is 92.5 Å². The highest BCUT2D eigenvalue weighted by atomic mass is 32.1. The molecule has 12 aromatic carbocycles. The van der Waals surface area contributed by atoms with Crippen LogP contribution in [0, 0.1) is 0 Å². The molecule has 2 spiro atoms. The van der Waals surface area contributed by atoms with Crippen molar-refractivity contribution in [3.8, 4) is 67.5 Å². The van der Waals surface area contributed by atoms with E-state index in [0.717, 1.165) is 56.8 Å². The number of hydrogen-bond donors (Lipinski definition) is 0. The number of rotatable bonds is 5. The maximum atomic E-state index is 6.73. The minimum absolute atomic E-state index is 0.508. The number of hydrogen-bond acceptors (Lipinski definition) is 4. The second kappa shape index (κ2) is 16.4. The summed E-state index contributed by atoms with van der Waals surface area (Å²) in [5.74, 6) is 3.57. The van der Waals surface area contributed by atoms with Gasteiger partial charge in [-0.2, -0.15) is 0 Å². The first-order chi connectivity index (χ1) is 38.6. The lowest BCUT2D eigenvalue weighted by Crippen LogP contribution is -2.32. The van der Waals surface area contributed by atoms with Gasteiger partial charge in [0.05, 0.1) is 10.8 Å². The third-order valence-corrected chi connectivity index (χ3v) is 18.4. The average Bonchev–Trinajstić information content (AvgIpc) is 3.94. The highest BCUT2D eigenvalue weighted by molar-refractivity contribution is 7.25. The van der Waals surface area contributed by atoms with Crippen LogP contribution in [0.5, 0.6) is 23.0 Å². The number of anilines is 3. The van der Waals surface area contributed by atoms with Gasteiger partial charge >= 0.3 is 0 Å². The standard InChI is InChI=1S/C74H45NO2S/c1-4-18-59-53(15-1)55-40-39-52(45-66(55)74(59)64-22-8-12-26-69(64)77-70-27-13-9-23-65(70)74)75(51-37-31-47(32-38-51)49-34-42-72-58(44-49)56-17-3-14-28-71(56)78-72)50-35-29-46(30-36-50)48-33-41-61-57(43-48)54-16-2-5-19-60(54)73(61)62-20-6-10-24-67(62)76-68-25-11-7-21-63(68)73/h1-45H. The molecule has 4 aliphatic rings. The molecule has 13 aromatic rings.